The Balaban J connectivity index is 2.06. The van der Waals surface area contributed by atoms with Crippen molar-refractivity contribution in [2.45, 2.75) is 19.9 Å². The number of ether oxygens (including phenoxy) is 1. The van der Waals surface area contributed by atoms with E-state index >= 15 is 0 Å². The van der Waals surface area contributed by atoms with E-state index in [0.29, 0.717) is 5.92 Å². The number of rotatable bonds is 3. The summed E-state index contributed by atoms with van der Waals surface area (Å²) in [6, 6.07) is 6.02. The molecule has 5 heteroatoms. The second-order valence-corrected chi connectivity index (χ2v) is 5.79. The zero-order chi connectivity index (χ0) is 13.8. The maximum Gasteiger partial charge on any atom is 0.119 e. The maximum absolute atomic E-state index is 8.90. The molecule has 1 aromatic rings. The van der Waals surface area contributed by atoms with Crippen molar-refractivity contribution in [2.75, 3.05) is 20.2 Å². The van der Waals surface area contributed by atoms with Crippen molar-refractivity contribution in [3.05, 3.63) is 28.2 Å². The van der Waals surface area contributed by atoms with E-state index in [1.165, 1.54) is 5.56 Å². The average Bonchev–Trinajstić information content (AvgIpc) is 2.41. The summed E-state index contributed by atoms with van der Waals surface area (Å²) in [5, 5.41) is 12.3. The number of oxime groups is 1. The van der Waals surface area contributed by atoms with Gasteiger partial charge < -0.3 is 9.94 Å². The summed E-state index contributed by atoms with van der Waals surface area (Å²) in [5.74, 6) is 1.18. The molecular weight excluding hydrogens is 308 g/mol. The number of piperidine rings is 1. The first-order chi connectivity index (χ1) is 9.13. The lowest BCUT2D eigenvalue weighted by Gasteiger charge is -2.31. The second kappa shape index (κ2) is 6.39. The van der Waals surface area contributed by atoms with Crippen LogP contribution in [0.5, 0.6) is 5.75 Å². The van der Waals surface area contributed by atoms with Crippen LogP contribution in [-0.2, 0) is 6.54 Å². The summed E-state index contributed by atoms with van der Waals surface area (Å²) in [7, 11) is 1.68. The minimum absolute atomic E-state index is 0.308. The molecule has 1 aliphatic heterocycles. The molecule has 2 rings (SSSR count). The highest BCUT2D eigenvalue weighted by Gasteiger charge is 2.22. The van der Waals surface area contributed by atoms with Crippen LogP contribution in [0.4, 0.5) is 0 Å². The van der Waals surface area contributed by atoms with Crippen LogP contribution in [-0.4, -0.2) is 36.0 Å². The number of likely N-dealkylation sites (tertiary alicyclic amines) is 1. The molecule has 1 fully saturated rings. The molecule has 1 unspecified atom stereocenters. The van der Waals surface area contributed by atoms with Crippen LogP contribution in [0, 0.1) is 5.92 Å². The number of methoxy groups -OCH3 is 1. The normalized spacial score (nSPS) is 22.7. The molecule has 1 heterocycles. The Morgan fingerprint density at radius 3 is 2.95 bits per heavy atom. The van der Waals surface area contributed by atoms with Gasteiger partial charge in [-0.25, -0.2) is 0 Å². The van der Waals surface area contributed by atoms with Crippen LogP contribution >= 0.6 is 15.9 Å². The standard InChI is InChI=1S/C14H19BrN2O2/c1-10-8-17(6-5-14(10)16-18)9-11-7-12(19-2)3-4-13(11)15/h3-4,7,10,18H,5-6,8-9H2,1-2H3/b16-14-. The molecule has 0 aromatic heterocycles. The summed E-state index contributed by atoms with van der Waals surface area (Å²) >= 11 is 3.58. The van der Waals surface area contributed by atoms with Crippen molar-refractivity contribution in [3.63, 3.8) is 0 Å². The van der Waals surface area contributed by atoms with Crippen molar-refractivity contribution in [1.29, 1.82) is 0 Å². The fourth-order valence-corrected chi connectivity index (χ4v) is 2.81. The Hall–Kier alpha value is -1.07. The lowest BCUT2D eigenvalue weighted by molar-refractivity contribution is 0.228. The predicted octanol–water partition coefficient (Wildman–Crippen LogP) is 3.13. The summed E-state index contributed by atoms with van der Waals surface area (Å²) < 4.78 is 6.36. The number of hydrogen-bond donors (Lipinski definition) is 1. The second-order valence-electron chi connectivity index (χ2n) is 4.93. The molecular formula is C14H19BrN2O2. The van der Waals surface area contributed by atoms with E-state index in [1.54, 1.807) is 7.11 Å². The van der Waals surface area contributed by atoms with E-state index in [4.69, 9.17) is 9.94 Å². The third-order valence-electron chi connectivity index (χ3n) is 3.56. The van der Waals surface area contributed by atoms with E-state index < -0.39 is 0 Å². The molecule has 1 atom stereocenters. The molecule has 104 valence electrons. The number of benzene rings is 1. The maximum atomic E-state index is 8.90. The minimum atomic E-state index is 0.308. The Morgan fingerprint density at radius 1 is 1.53 bits per heavy atom. The van der Waals surface area contributed by atoms with Crippen molar-refractivity contribution >= 4 is 21.6 Å². The Kier molecular flexibility index (Phi) is 4.82. The van der Waals surface area contributed by atoms with Gasteiger partial charge in [-0.2, -0.15) is 0 Å². The highest BCUT2D eigenvalue weighted by Crippen LogP contribution is 2.25. The van der Waals surface area contributed by atoms with Gasteiger partial charge >= 0.3 is 0 Å². The van der Waals surface area contributed by atoms with Gasteiger partial charge in [0.1, 0.15) is 5.75 Å². The molecule has 0 amide bonds. The van der Waals surface area contributed by atoms with E-state index in [2.05, 4.69) is 39.0 Å². The lowest BCUT2D eigenvalue weighted by atomic mass is 9.97. The van der Waals surface area contributed by atoms with Gasteiger partial charge in [-0.15, -0.1) is 0 Å². The summed E-state index contributed by atoms with van der Waals surface area (Å²) in [4.78, 5) is 2.37. The van der Waals surface area contributed by atoms with Gasteiger partial charge in [-0.05, 0) is 23.8 Å². The van der Waals surface area contributed by atoms with Crippen molar-refractivity contribution in [3.8, 4) is 5.75 Å². The molecule has 0 spiro atoms. The number of nitrogens with zero attached hydrogens (tertiary/aromatic N) is 2. The first-order valence-electron chi connectivity index (χ1n) is 6.39. The molecule has 0 saturated carbocycles. The summed E-state index contributed by atoms with van der Waals surface area (Å²) in [6.07, 6.45) is 0.833. The molecule has 1 aromatic carbocycles. The Bertz CT molecular complexity index is 477. The van der Waals surface area contributed by atoms with E-state index in [0.717, 1.165) is 42.0 Å². The highest BCUT2D eigenvalue weighted by molar-refractivity contribution is 9.10. The van der Waals surface area contributed by atoms with Gasteiger partial charge in [-0.3, -0.25) is 4.90 Å². The first-order valence-corrected chi connectivity index (χ1v) is 7.19. The molecule has 19 heavy (non-hydrogen) atoms. The number of halogens is 1. The number of hydrogen-bond acceptors (Lipinski definition) is 4. The largest absolute Gasteiger partial charge is 0.497 e. The van der Waals surface area contributed by atoms with Gasteiger partial charge in [0.2, 0.25) is 0 Å². The van der Waals surface area contributed by atoms with Crippen LogP contribution in [0.15, 0.2) is 27.8 Å². The smallest absolute Gasteiger partial charge is 0.119 e. The topological polar surface area (TPSA) is 45.1 Å². The van der Waals surface area contributed by atoms with Gasteiger partial charge in [-0.1, -0.05) is 28.0 Å². The molecule has 4 nitrogen and oxygen atoms in total. The molecule has 1 N–H and O–H groups in total. The quantitative estimate of drug-likeness (QED) is 0.685. The summed E-state index contributed by atoms with van der Waals surface area (Å²) in [5.41, 5.74) is 2.12. The fourth-order valence-electron chi connectivity index (χ4n) is 2.44. The molecule has 0 radical (unpaired) electrons. The van der Waals surface area contributed by atoms with Crippen molar-refractivity contribution < 1.29 is 9.94 Å². The van der Waals surface area contributed by atoms with E-state index in [1.807, 2.05) is 12.1 Å². The zero-order valence-electron chi connectivity index (χ0n) is 11.3. The van der Waals surface area contributed by atoms with E-state index in [9.17, 15) is 0 Å². The van der Waals surface area contributed by atoms with Crippen molar-refractivity contribution in [2.24, 2.45) is 11.1 Å². The summed E-state index contributed by atoms with van der Waals surface area (Å²) in [6.45, 7) is 4.82. The van der Waals surface area contributed by atoms with Gasteiger partial charge in [0.25, 0.3) is 0 Å². The first kappa shape index (κ1) is 14.3. The third kappa shape index (κ3) is 3.48. The van der Waals surface area contributed by atoms with Gasteiger partial charge in [0.15, 0.2) is 0 Å². The zero-order valence-corrected chi connectivity index (χ0v) is 12.9. The van der Waals surface area contributed by atoms with Crippen molar-refractivity contribution in [1.82, 2.24) is 4.90 Å². The molecule has 1 saturated heterocycles. The molecule has 0 aliphatic carbocycles. The molecule has 0 bridgehead atoms. The van der Waals surface area contributed by atoms with Crippen LogP contribution in [0.25, 0.3) is 0 Å². The van der Waals surface area contributed by atoms with Crippen LogP contribution in [0.3, 0.4) is 0 Å². The predicted molar refractivity (Wildman–Crippen MR) is 79.0 cm³/mol. The van der Waals surface area contributed by atoms with Crippen LogP contribution < -0.4 is 4.74 Å². The Morgan fingerprint density at radius 2 is 2.32 bits per heavy atom. The average molecular weight is 327 g/mol. The van der Waals surface area contributed by atoms with Gasteiger partial charge in [0.05, 0.1) is 12.8 Å². The van der Waals surface area contributed by atoms with Gasteiger partial charge in [0, 0.05) is 36.4 Å². The fraction of sp³-hybridized carbons (Fsp3) is 0.500. The minimum Gasteiger partial charge on any atom is -0.497 e. The SMILES string of the molecule is COc1ccc(Br)c(CN2CC/C(=N/O)C(C)C2)c1. The monoisotopic (exact) mass is 326 g/mol. The van der Waals surface area contributed by atoms with Crippen LogP contribution in [0.1, 0.15) is 18.9 Å². The third-order valence-corrected chi connectivity index (χ3v) is 4.33. The van der Waals surface area contributed by atoms with Crippen LogP contribution in [0.2, 0.25) is 0 Å². The highest BCUT2D eigenvalue weighted by atomic mass is 79.9. The van der Waals surface area contributed by atoms with E-state index in [-0.39, 0.29) is 0 Å². The molecule has 1 aliphatic rings. The lowest BCUT2D eigenvalue weighted by Crippen LogP contribution is -2.39. The Labute approximate surface area is 122 Å².